The number of nitriles is 1. The summed E-state index contributed by atoms with van der Waals surface area (Å²) in [5.41, 5.74) is -0.834. The molecule has 0 saturated carbocycles. The maximum absolute atomic E-state index is 9.71. The molecule has 0 heterocycles. The molecule has 0 radical (unpaired) electrons. The predicted molar refractivity (Wildman–Crippen MR) is 62.4 cm³/mol. The van der Waals surface area contributed by atoms with E-state index in [-0.39, 0.29) is 5.41 Å². The number of rotatable bonds is 7. The molecular formula is C12H24N2O. The highest BCUT2D eigenvalue weighted by atomic mass is 16.3. The molecule has 0 aliphatic rings. The number of hydrogen-bond donors (Lipinski definition) is 2. The van der Waals surface area contributed by atoms with Crippen molar-refractivity contribution in [2.24, 2.45) is 5.41 Å². The van der Waals surface area contributed by atoms with Crippen LogP contribution >= 0.6 is 0 Å². The van der Waals surface area contributed by atoms with E-state index >= 15 is 0 Å². The second-order valence-corrected chi connectivity index (χ2v) is 5.13. The molecule has 0 amide bonds. The summed E-state index contributed by atoms with van der Waals surface area (Å²) in [5.74, 6) is 0. The highest BCUT2D eigenvalue weighted by molar-refractivity contribution is 4.91. The summed E-state index contributed by atoms with van der Waals surface area (Å²) >= 11 is 0. The van der Waals surface area contributed by atoms with Gasteiger partial charge in [-0.05, 0) is 46.6 Å². The topological polar surface area (TPSA) is 56.0 Å². The molecule has 0 fully saturated rings. The zero-order valence-electron chi connectivity index (χ0n) is 10.4. The van der Waals surface area contributed by atoms with E-state index < -0.39 is 5.60 Å². The molecule has 1 atom stereocenters. The fourth-order valence-corrected chi connectivity index (χ4v) is 1.19. The first-order valence-corrected chi connectivity index (χ1v) is 5.67. The normalized spacial score (nSPS) is 15.7. The summed E-state index contributed by atoms with van der Waals surface area (Å²) < 4.78 is 0. The van der Waals surface area contributed by atoms with E-state index in [4.69, 9.17) is 5.26 Å². The van der Waals surface area contributed by atoms with E-state index in [2.05, 4.69) is 11.4 Å². The molecule has 3 heteroatoms. The van der Waals surface area contributed by atoms with Gasteiger partial charge in [0.2, 0.25) is 0 Å². The van der Waals surface area contributed by atoms with Crippen LogP contribution in [0.2, 0.25) is 0 Å². The Kier molecular flexibility index (Phi) is 5.85. The number of aliphatic hydroxyl groups is 1. The van der Waals surface area contributed by atoms with E-state index in [9.17, 15) is 5.11 Å². The lowest BCUT2D eigenvalue weighted by molar-refractivity contribution is 0.0558. The van der Waals surface area contributed by atoms with Crippen molar-refractivity contribution in [1.82, 2.24) is 5.32 Å². The van der Waals surface area contributed by atoms with Crippen LogP contribution in [-0.2, 0) is 0 Å². The molecule has 3 nitrogen and oxygen atoms in total. The molecule has 0 bridgehead atoms. The second kappa shape index (κ2) is 6.09. The largest absolute Gasteiger partial charge is 0.389 e. The third-order valence-corrected chi connectivity index (χ3v) is 2.73. The van der Waals surface area contributed by atoms with Crippen molar-refractivity contribution < 1.29 is 5.11 Å². The summed E-state index contributed by atoms with van der Waals surface area (Å²) in [5, 5.41) is 21.7. The Labute approximate surface area is 93.5 Å². The quantitative estimate of drug-likeness (QED) is 0.635. The highest BCUT2D eigenvalue weighted by Crippen LogP contribution is 2.19. The van der Waals surface area contributed by atoms with Crippen LogP contribution in [0.25, 0.3) is 0 Å². The molecule has 15 heavy (non-hydrogen) atoms. The van der Waals surface area contributed by atoms with Gasteiger partial charge in [0.05, 0.1) is 17.1 Å². The average Bonchev–Trinajstić information content (AvgIpc) is 2.17. The van der Waals surface area contributed by atoms with Crippen LogP contribution in [0.4, 0.5) is 0 Å². The van der Waals surface area contributed by atoms with E-state index in [1.807, 2.05) is 27.7 Å². The Balaban J connectivity index is 3.54. The smallest absolute Gasteiger partial charge is 0.0740 e. The second-order valence-electron chi connectivity index (χ2n) is 5.13. The lowest BCUT2D eigenvalue weighted by atomic mass is 9.90. The maximum Gasteiger partial charge on any atom is 0.0740 e. The first kappa shape index (κ1) is 14.4. The zero-order valence-corrected chi connectivity index (χ0v) is 10.4. The standard InChI is InChI=1S/C12H24N2O/c1-5-12(4,15)10-14-8-6-7-11(2,3)9-13/h14-15H,5-8,10H2,1-4H3. The monoisotopic (exact) mass is 212 g/mol. The Morgan fingerprint density at radius 3 is 2.40 bits per heavy atom. The van der Waals surface area contributed by atoms with Crippen molar-refractivity contribution >= 4 is 0 Å². The SMILES string of the molecule is CCC(C)(O)CNCCCC(C)(C)C#N. The van der Waals surface area contributed by atoms with Crippen molar-refractivity contribution in [3.8, 4) is 6.07 Å². The summed E-state index contributed by atoms with van der Waals surface area (Å²) in [6.07, 6.45) is 2.62. The third-order valence-electron chi connectivity index (χ3n) is 2.73. The molecule has 88 valence electrons. The summed E-state index contributed by atoms with van der Waals surface area (Å²) in [7, 11) is 0. The van der Waals surface area contributed by atoms with Gasteiger partial charge in [-0.3, -0.25) is 0 Å². The minimum absolute atomic E-state index is 0.227. The van der Waals surface area contributed by atoms with E-state index in [0.29, 0.717) is 6.54 Å². The van der Waals surface area contributed by atoms with Gasteiger partial charge in [0.1, 0.15) is 0 Å². The molecule has 0 aliphatic carbocycles. The van der Waals surface area contributed by atoms with E-state index in [1.165, 1.54) is 0 Å². The molecule has 0 aliphatic heterocycles. The first-order valence-electron chi connectivity index (χ1n) is 5.67. The van der Waals surface area contributed by atoms with Crippen LogP contribution in [0.3, 0.4) is 0 Å². The molecule has 1 unspecified atom stereocenters. The first-order chi connectivity index (χ1) is 6.83. The van der Waals surface area contributed by atoms with Crippen molar-refractivity contribution in [2.45, 2.75) is 52.6 Å². The minimum atomic E-state index is -0.606. The Bertz CT molecular complexity index is 216. The lowest BCUT2D eigenvalue weighted by Gasteiger charge is -2.22. The molecule has 2 N–H and O–H groups in total. The molecule has 0 aromatic carbocycles. The van der Waals surface area contributed by atoms with Crippen molar-refractivity contribution in [3.63, 3.8) is 0 Å². The lowest BCUT2D eigenvalue weighted by Crippen LogP contribution is -2.37. The molecule has 0 rings (SSSR count). The van der Waals surface area contributed by atoms with Gasteiger partial charge in [-0.15, -0.1) is 0 Å². The van der Waals surface area contributed by atoms with Crippen molar-refractivity contribution in [3.05, 3.63) is 0 Å². The van der Waals surface area contributed by atoms with Crippen LogP contribution in [0.1, 0.15) is 47.0 Å². The Morgan fingerprint density at radius 2 is 1.93 bits per heavy atom. The van der Waals surface area contributed by atoms with E-state index in [1.54, 1.807) is 0 Å². The van der Waals surface area contributed by atoms with Crippen LogP contribution in [0.15, 0.2) is 0 Å². The Hall–Kier alpha value is -0.590. The van der Waals surface area contributed by atoms with Gasteiger partial charge in [-0.25, -0.2) is 0 Å². The van der Waals surface area contributed by atoms with E-state index in [0.717, 1.165) is 25.8 Å². The predicted octanol–water partition coefficient (Wildman–Crippen LogP) is 2.07. The van der Waals surface area contributed by atoms with Gasteiger partial charge < -0.3 is 10.4 Å². The van der Waals surface area contributed by atoms with Crippen LogP contribution in [0.5, 0.6) is 0 Å². The Morgan fingerprint density at radius 1 is 1.33 bits per heavy atom. The van der Waals surface area contributed by atoms with Crippen LogP contribution < -0.4 is 5.32 Å². The minimum Gasteiger partial charge on any atom is -0.389 e. The molecule has 0 saturated heterocycles. The molecule has 0 spiro atoms. The average molecular weight is 212 g/mol. The maximum atomic E-state index is 9.71. The van der Waals surface area contributed by atoms with Gasteiger partial charge in [0.25, 0.3) is 0 Å². The highest BCUT2D eigenvalue weighted by Gasteiger charge is 2.17. The fraction of sp³-hybridized carbons (Fsp3) is 0.917. The molecular weight excluding hydrogens is 188 g/mol. The number of hydrogen-bond acceptors (Lipinski definition) is 3. The number of nitrogens with zero attached hydrogens (tertiary/aromatic N) is 1. The van der Waals surface area contributed by atoms with Gasteiger partial charge in [0, 0.05) is 6.54 Å². The molecule has 0 aromatic rings. The van der Waals surface area contributed by atoms with Crippen LogP contribution in [-0.4, -0.2) is 23.8 Å². The van der Waals surface area contributed by atoms with Gasteiger partial charge in [-0.1, -0.05) is 6.92 Å². The third kappa shape index (κ3) is 7.35. The van der Waals surface area contributed by atoms with Crippen molar-refractivity contribution in [1.29, 1.82) is 5.26 Å². The van der Waals surface area contributed by atoms with Crippen LogP contribution in [0, 0.1) is 16.7 Å². The zero-order chi connectivity index (χ0) is 11.9. The van der Waals surface area contributed by atoms with Crippen molar-refractivity contribution in [2.75, 3.05) is 13.1 Å². The summed E-state index contributed by atoms with van der Waals surface area (Å²) in [6.45, 7) is 9.20. The summed E-state index contributed by atoms with van der Waals surface area (Å²) in [4.78, 5) is 0. The van der Waals surface area contributed by atoms with Gasteiger partial charge in [0.15, 0.2) is 0 Å². The number of nitrogens with one attached hydrogen (secondary N) is 1. The summed E-state index contributed by atoms with van der Waals surface area (Å²) in [6, 6.07) is 2.28. The molecule has 0 aromatic heterocycles. The van der Waals surface area contributed by atoms with Gasteiger partial charge >= 0.3 is 0 Å². The fourth-order valence-electron chi connectivity index (χ4n) is 1.19. The van der Waals surface area contributed by atoms with Gasteiger partial charge in [-0.2, -0.15) is 5.26 Å².